The number of aromatic nitrogens is 1. The molecule has 2 aromatic carbocycles. The molecule has 5 rings (SSSR count). The van der Waals surface area contributed by atoms with Crippen molar-refractivity contribution in [2.24, 2.45) is 0 Å². The molecule has 1 aliphatic rings. The Bertz CT molecular complexity index is 1560. The number of furan rings is 1. The van der Waals surface area contributed by atoms with Crippen LogP contribution in [-0.4, -0.2) is 33.8 Å². The van der Waals surface area contributed by atoms with E-state index in [9.17, 15) is 24.8 Å². The van der Waals surface area contributed by atoms with Gasteiger partial charge in [-0.15, -0.1) is 11.3 Å². The van der Waals surface area contributed by atoms with E-state index in [1.54, 1.807) is 25.1 Å². The molecule has 182 valence electrons. The minimum Gasteiger partial charge on any atom is -0.503 e. The maximum Gasteiger partial charge on any atom is 0.296 e. The summed E-state index contributed by atoms with van der Waals surface area (Å²) in [5.74, 6) is -1.90. The minimum atomic E-state index is -1.08. The summed E-state index contributed by atoms with van der Waals surface area (Å²) < 4.78 is 11.1. The number of nitro groups is 1. The topological polar surface area (TPSA) is 136 Å². The molecule has 0 bridgehead atoms. The molecule has 1 unspecified atom stereocenters. The van der Waals surface area contributed by atoms with Crippen LogP contribution in [0, 0.1) is 24.0 Å². The number of aliphatic hydroxyl groups excluding tert-OH is 1. The Labute approximate surface area is 208 Å². The Morgan fingerprint density at radius 3 is 2.56 bits per heavy atom. The Kier molecular flexibility index (Phi) is 5.56. The molecule has 0 saturated heterocycles. The molecule has 0 aliphatic carbocycles. The first kappa shape index (κ1) is 23.2. The van der Waals surface area contributed by atoms with Crippen LogP contribution in [0.3, 0.4) is 0 Å². The molecule has 1 aliphatic heterocycles. The molecule has 0 fully saturated rings. The number of amides is 1. The predicted molar refractivity (Wildman–Crippen MR) is 132 cm³/mol. The molecule has 1 amide bonds. The van der Waals surface area contributed by atoms with Crippen LogP contribution in [0.5, 0.6) is 5.75 Å². The number of ketones is 1. The number of para-hydroxylation sites is 1. The van der Waals surface area contributed by atoms with Gasteiger partial charge in [0.05, 0.1) is 29.3 Å². The van der Waals surface area contributed by atoms with Crippen molar-refractivity contribution in [3.05, 3.63) is 91.9 Å². The average Bonchev–Trinajstić information content (AvgIpc) is 3.52. The van der Waals surface area contributed by atoms with Gasteiger partial charge in [0.2, 0.25) is 5.78 Å². The van der Waals surface area contributed by atoms with Gasteiger partial charge in [0.15, 0.2) is 28.0 Å². The molecule has 1 atom stereocenters. The molecular weight excluding hydrogens is 486 g/mol. The lowest BCUT2D eigenvalue weighted by Crippen LogP contribution is -2.31. The number of thiazole rings is 1. The maximum absolute atomic E-state index is 13.7. The summed E-state index contributed by atoms with van der Waals surface area (Å²) in [6.07, 6.45) is 0. The molecule has 0 saturated carbocycles. The summed E-state index contributed by atoms with van der Waals surface area (Å²) in [5, 5.41) is 23.0. The highest BCUT2D eigenvalue weighted by Gasteiger charge is 2.46. The predicted octanol–water partition coefficient (Wildman–Crippen LogP) is 5.21. The van der Waals surface area contributed by atoms with Crippen molar-refractivity contribution in [2.45, 2.75) is 19.9 Å². The number of rotatable bonds is 6. The highest BCUT2D eigenvalue weighted by atomic mass is 32.1. The van der Waals surface area contributed by atoms with E-state index >= 15 is 0 Å². The Balaban J connectivity index is 1.66. The average molecular weight is 506 g/mol. The molecule has 0 radical (unpaired) electrons. The number of fused-ring (bicyclic) bond motifs is 1. The normalized spacial score (nSPS) is 15.7. The third-order valence-corrected chi connectivity index (χ3v) is 7.12. The van der Waals surface area contributed by atoms with Gasteiger partial charge in [-0.1, -0.05) is 12.1 Å². The van der Waals surface area contributed by atoms with E-state index in [0.717, 1.165) is 4.88 Å². The van der Waals surface area contributed by atoms with Gasteiger partial charge in [0.25, 0.3) is 11.6 Å². The van der Waals surface area contributed by atoms with Gasteiger partial charge in [0.1, 0.15) is 0 Å². The minimum absolute atomic E-state index is 0.0934. The van der Waals surface area contributed by atoms with E-state index in [-0.39, 0.29) is 17.0 Å². The van der Waals surface area contributed by atoms with Gasteiger partial charge < -0.3 is 14.3 Å². The number of non-ortho nitro benzene ring substituents is 1. The molecule has 1 N–H and O–H groups in total. The summed E-state index contributed by atoms with van der Waals surface area (Å²) in [6, 6.07) is 11.1. The van der Waals surface area contributed by atoms with Gasteiger partial charge >= 0.3 is 0 Å². The molecule has 0 spiro atoms. The fraction of sp³-hybridized carbons (Fsp3) is 0.160. The first-order valence-corrected chi connectivity index (χ1v) is 11.6. The molecule has 4 aromatic rings. The van der Waals surface area contributed by atoms with Crippen LogP contribution >= 0.6 is 11.3 Å². The zero-order valence-corrected chi connectivity index (χ0v) is 20.2. The Hall–Kier alpha value is -4.51. The van der Waals surface area contributed by atoms with Gasteiger partial charge in [-0.2, -0.15) is 0 Å². The van der Waals surface area contributed by atoms with Crippen LogP contribution in [0.1, 0.15) is 32.7 Å². The second kappa shape index (κ2) is 8.61. The van der Waals surface area contributed by atoms with Crippen molar-refractivity contribution in [1.82, 2.24) is 4.98 Å². The largest absolute Gasteiger partial charge is 0.503 e. The van der Waals surface area contributed by atoms with E-state index in [0.29, 0.717) is 33.1 Å². The monoisotopic (exact) mass is 505 g/mol. The number of methoxy groups -OCH3 is 1. The number of ether oxygens (including phenoxy) is 1. The summed E-state index contributed by atoms with van der Waals surface area (Å²) in [6.45, 7) is 3.64. The van der Waals surface area contributed by atoms with Crippen LogP contribution in [0.25, 0.3) is 11.0 Å². The van der Waals surface area contributed by atoms with Crippen LogP contribution in [-0.2, 0) is 4.79 Å². The number of anilines is 1. The first-order valence-electron chi connectivity index (χ1n) is 10.8. The smallest absolute Gasteiger partial charge is 0.296 e. The van der Waals surface area contributed by atoms with E-state index in [2.05, 4.69) is 4.98 Å². The molecule has 36 heavy (non-hydrogen) atoms. The Morgan fingerprint density at radius 1 is 1.22 bits per heavy atom. The third-order valence-electron chi connectivity index (χ3n) is 6.05. The van der Waals surface area contributed by atoms with Crippen LogP contribution in [0.15, 0.2) is 64.3 Å². The molecular formula is C25H19N3O7S. The quantitative estimate of drug-likeness (QED) is 0.214. The summed E-state index contributed by atoms with van der Waals surface area (Å²) in [7, 11) is 1.48. The van der Waals surface area contributed by atoms with Gasteiger partial charge in [-0.05, 0) is 43.7 Å². The van der Waals surface area contributed by atoms with E-state index in [1.165, 1.54) is 53.7 Å². The van der Waals surface area contributed by atoms with Crippen molar-refractivity contribution in [3.63, 3.8) is 0 Å². The number of carbonyl (C=O) groups is 2. The highest BCUT2D eigenvalue weighted by Crippen LogP contribution is 2.44. The van der Waals surface area contributed by atoms with Gasteiger partial charge in [0, 0.05) is 22.4 Å². The highest BCUT2D eigenvalue weighted by molar-refractivity contribution is 7.15. The number of carbonyl (C=O) groups excluding carboxylic acids is 2. The van der Waals surface area contributed by atoms with E-state index in [4.69, 9.17) is 9.15 Å². The zero-order chi connectivity index (χ0) is 25.7. The van der Waals surface area contributed by atoms with E-state index < -0.39 is 28.4 Å². The second-order valence-electron chi connectivity index (χ2n) is 8.15. The maximum atomic E-state index is 13.7. The lowest BCUT2D eigenvalue weighted by atomic mass is 9.95. The zero-order valence-electron chi connectivity index (χ0n) is 19.3. The van der Waals surface area contributed by atoms with Gasteiger partial charge in [-0.25, -0.2) is 4.98 Å². The number of aryl methyl sites for hydroxylation is 2. The van der Waals surface area contributed by atoms with Crippen LogP contribution < -0.4 is 9.64 Å². The Morgan fingerprint density at radius 2 is 1.94 bits per heavy atom. The van der Waals surface area contributed by atoms with Crippen LogP contribution in [0.4, 0.5) is 10.8 Å². The van der Waals surface area contributed by atoms with Crippen molar-refractivity contribution in [1.29, 1.82) is 0 Å². The number of hydrogen-bond donors (Lipinski definition) is 1. The van der Waals surface area contributed by atoms with Gasteiger partial charge in [-0.3, -0.25) is 24.6 Å². The fourth-order valence-corrected chi connectivity index (χ4v) is 5.07. The lowest BCUT2D eigenvalue weighted by Gasteiger charge is -2.24. The number of nitro benzene ring substituents is 1. The molecule has 2 aromatic heterocycles. The molecule has 3 heterocycles. The van der Waals surface area contributed by atoms with Crippen molar-refractivity contribution >= 4 is 44.8 Å². The number of benzene rings is 2. The van der Waals surface area contributed by atoms with Crippen molar-refractivity contribution < 1.29 is 28.8 Å². The van der Waals surface area contributed by atoms with Crippen molar-refractivity contribution in [3.8, 4) is 5.75 Å². The number of aliphatic hydroxyl groups is 1. The summed E-state index contributed by atoms with van der Waals surface area (Å²) >= 11 is 1.24. The van der Waals surface area contributed by atoms with Crippen molar-refractivity contribution in [2.75, 3.05) is 12.0 Å². The standard InChI is InChI=1S/C25H19N3O7S/c1-12-13(2)36-25(26-12)27-20(14-7-9-16(10-8-14)28(32)33)19(22(30)24(27)31)21(29)18-11-15-5-4-6-17(34-3)23(15)35-18/h4-11,20,30H,1-3H3. The van der Waals surface area contributed by atoms with Crippen LogP contribution in [0.2, 0.25) is 0 Å². The van der Waals surface area contributed by atoms with E-state index in [1.807, 2.05) is 6.92 Å². The third kappa shape index (κ3) is 3.60. The second-order valence-corrected chi connectivity index (χ2v) is 9.33. The lowest BCUT2D eigenvalue weighted by molar-refractivity contribution is -0.384. The SMILES string of the molecule is COc1cccc2cc(C(=O)C3=C(O)C(=O)N(c4nc(C)c(C)s4)C3c3ccc([N+](=O)[O-])cc3)oc12. The molecule has 11 heteroatoms. The summed E-state index contributed by atoms with van der Waals surface area (Å²) in [4.78, 5) is 44.2. The molecule has 10 nitrogen and oxygen atoms in total. The summed E-state index contributed by atoms with van der Waals surface area (Å²) in [5.41, 5.74) is 1.08. The number of Topliss-reactive ketones (excluding diaryl/α,β-unsaturated/α-hetero) is 1. The fourth-order valence-electron chi connectivity index (χ4n) is 4.13. The number of hydrogen-bond acceptors (Lipinski definition) is 9. The first-order chi connectivity index (χ1) is 17.2. The number of nitrogens with zero attached hydrogens (tertiary/aromatic N) is 3.